The highest BCUT2D eigenvalue weighted by molar-refractivity contribution is 6.45. The maximum Gasteiger partial charge on any atom is 0.282 e. The molecular weight excluding hydrogens is 419 g/mol. The van der Waals surface area contributed by atoms with Crippen LogP contribution in [0.4, 0.5) is 10.1 Å². The van der Waals surface area contributed by atoms with Gasteiger partial charge in [0, 0.05) is 13.1 Å². The maximum atomic E-state index is 13.7. The number of aryl methyl sites for hydroxylation is 2. The fraction of sp³-hybridized carbons (Fsp3) is 0.333. The van der Waals surface area contributed by atoms with Gasteiger partial charge in [-0.3, -0.25) is 9.59 Å². The summed E-state index contributed by atoms with van der Waals surface area (Å²) in [5.41, 5.74) is 3.62. The Kier molecular flexibility index (Phi) is 5.62. The number of morpholine rings is 1. The zero-order valence-electron chi connectivity index (χ0n) is 17.9. The molecule has 7 heteroatoms. The molecule has 162 valence electrons. The Balaban J connectivity index is 1.87. The lowest BCUT2D eigenvalue weighted by Crippen LogP contribution is -2.47. The van der Waals surface area contributed by atoms with Crippen molar-refractivity contribution in [3.05, 3.63) is 69.6 Å². The molecule has 0 N–H and O–H groups in total. The van der Waals surface area contributed by atoms with E-state index in [1.807, 2.05) is 50.8 Å². The minimum atomic E-state index is -0.608. The van der Waals surface area contributed by atoms with Crippen LogP contribution in [-0.2, 0) is 14.3 Å². The van der Waals surface area contributed by atoms with Gasteiger partial charge >= 0.3 is 0 Å². The van der Waals surface area contributed by atoms with Crippen molar-refractivity contribution in [1.29, 1.82) is 0 Å². The smallest absolute Gasteiger partial charge is 0.282 e. The molecule has 1 saturated heterocycles. The van der Waals surface area contributed by atoms with Crippen molar-refractivity contribution in [2.75, 3.05) is 18.0 Å². The third-order valence-electron chi connectivity index (χ3n) is 5.61. The van der Waals surface area contributed by atoms with Gasteiger partial charge < -0.3 is 9.64 Å². The zero-order valence-corrected chi connectivity index (χ0v) is 18.7. The van der Waals surface area contributed by atoms with E-state index in [2.05, 4.69) is 0 Å². The van der Waals surface area contributed by atoms with Crippen molar-refractivity contribution in [1.82, 2.24) is 4.90 Å². The van der Waals surface area contributed by atoms with Crippen molar-refractivity contribution in [2.24, 2.45) is 0 Å². The number of rotatable bonds is 3. The van der Waals surface area contributed by atoms with Crippen LogP contribution in [0.15, 0.2) is 42.1 Å². The molecule has 2 aromatic rings. The van der Waals surface area contributed by atoms with E-state index >= 15 is 0 Å². The fourth-order valence-electron chi connectivity index (χ4n) is 4.37. The molecule has 0 spiro atoms. The largest absolute Gasteiger partial charge is 0.372 e. The molecule has 1 fully saturated rings. The quantitative estimate of drug-likeness (QED) is 0.657. The number of halogens is 2. The van der Waals surface area contributed by atoms with Gasteiger partial charge in [0.2, 0.25) is 0 Å². The highest BCUT2D eigenvalue weighted by Gasteiger charge is 2.44. The molecule has 2 unspecified atom stereocenters. The third-order valence-corrected chi connectivity index (χ3v) is 5.90. The number of carbonyl (C=O) groups is 2. The number of nitrogens with zero attached hydrogens (tertiary/aromatic N) is 2. The Morgan fingerprint density at radius 1 is 1.00 bits per heavy atom. The fourth-order valence-corrected chi connectivity index (χ4v) is 4.54. The molecule has 2 aromatic carbocycles. The minimum Gasteiger partial charge on any atom is -0.372 e. The summed E-state index contributed by atoms with van der Waals surface area (Å²) in [6.07, 6.45) is -0.178. The summed E-state index contributed by atoms with van der Waals surface area (Å²) in [5, 5.41) is -0.145. The number of imide groups is 1. The van der Waals surface area contributed by atoms with Crippen LogP contribution in [-0.4, -0.2) is 42.0 Å². The van der Waals surface area contributed by atoms with Crippen LogP contribution < -0.4 is 4.90 Å². The number of ether oxygens (including phenoxy) is 1. The zero-order chi connectivity index (χ0) is 22.4. The van der Waals surface area contributed by atoms with Gasteiger partial charge in [0.25, 0.3) is 11.8 Å². The summed E-state index contributed by atoms with van der Waals surface area (Å²) < 4.78 is 19.5. The molecule has 2 atom stereocenters. The van der Waals surface area contributed by atoms with Gasteiger partial charge in [-0.05, 0) is 57.0 Å². The predicted octanol–water partition coefficient (Wildman–Crippen LogP) is 4.49. The monoisotopic (exact) mass is 442 g/mol. The van der Waals surface area contributed by atoms with Crippen LogP contribution >= 0.6 is 11.6 Å². The lowest BCUT2D eigenvalue weighted by Gasteiger charge is -2.37. The molecule has 0 aromatic heterocycles. The predicted molar refractivity (Wildman–Crippen MR) is 118 cm³/mol. The minimum absolute atomic E-state index is 0.0890. The first-order valence-corrected chi connectivity index (χ1v) is 10.6. The van der Waals surface area contributed by atoms with E-state index in [1.165, 1.54) is 12.1 Å². The number of benzene rings is 2. The van der Waals surface area contributed by atoms with Crippen LogP contribution in [0.1, 0.15) is 30.5 Å². The summed E-state index contributed by atoms with van der Waals surface area (Å²) >= 11 is 5.94. The summed E-state index contributed by atoms with van der Waals surface area (Å²) in [6.45, 7) is 8.77. The molecule has 0 bridgehead atoms. The third kappa shape index (κ3) is 3.86. The van der Waals surface area contributed by atoms with E-state index < -0.39 is 17.6 Å². The number of hydrogen-bond donors (Lipinski definition) is 0. The normalized spacial score (nSPS) is 22.0. The molecule has 2 amide bonds. The second kappa shape index (κ2) is 8.09. The van der Waals surface area contributed by atoms with E-state index in [0.29, 0.717) is 29.9 Å². The molecule has 0 radical (unpaired) electrons. The highest BCUT2D eigenvalue weighted by Crippen LogP contribution is 2.38. The molecular formula is C24H24ClFN2O3. The van der Waals surface area contributed by atoms with Gasteiger partial charge in [-0.15, -0.1) is 0 Å². The van der Waals surface area contributed by atoms with Gasteiger partial charge in [-0.2, -0.15) is 0 Å². The van der Waals surface area contributed by atoms with E-state index in [1.54, 1.807) is 0 Å². The van der Waals surface area contributed by atoms with Crippen molar-refractivity contribution >= 4 is 34.7 Å². The topological polar surface area (TPSA) is 49.9 Å². The summed E-state index contributed by atoms with van der Waals surface area (Å²) in [5.74, 6) is -1.49. The van der Waals surface area contributed by atoms with Crippen LogP contribution in [0.3, 0.4) is 0 Å². The van der Waals surface area contributed by atoms with Crippen LogP contribution in [0.5, 0.6) is 0 Å². The molecule has 2 heterocycles. The number of amides is 2. The average molecular weight is 443 g/mol. The van der Waals surface area contributed by atoms with Crippen molar-refractivity contribution in [3.63, 3.8) is 0 Å². The summed E-state index contributed by atoms with van der Waals surface area (Å²) in [4.78, 5) is 30.2. The Bertz CT molecular complexity index is 1100. The van der Waals surface area contributed by atoms with Gasteiger partial charge in [0.1, 0.15) is 11.5 Å². The second-order valence-electron chi connectivity index (χ2n) is 8.25. The van der Waals surface area contributed by atoms with Crippen molar-refractivity contribution in [2.45, 2.75) is 39.9 Å². The Labute approximate surface area is 186 Å². The van der Waals surface area contributed by atoms with Gasteiger partial charge in [-0.1, -0.05) is 35.4 Å². The first-order valence-electron chi connectivity index (χ1n) is 10.2. The first-order chi connectivity index (χ1) is 14.7. The van der Waals surface area contributed by atoms with E-state index in [0.717, 1.165) is 22.1 Å². The molecule has 0 saturated carbocycles. The summed E-state index contributed by atoms with van der Waals surface area (Å²) in [7, 11) is 0. The van der Waals surface area contributed by atoms with E-state index in [9.17, 15) is 14.0 Å². The highest BCUT2D eigenvalue weighted by atomic mass is 35.5. The molecule has 31 heavy (non-hydrogen) atoms. The van der Waals surface area contributed by atoms with E-state index in [4.69, 9.17) is 16.3 Å². The van der Waals surface area contributed by atoms with E-state index in [-0.39, 0.29) is 22.9 Å². The number of hydrogen-bond acceptors (Lipinski definition) is 4. The summed E-state index contributed by atoms with van der Waals surface area (Å²) in [6, 6.07) is 9.64. The lowest BCUT2D eigenvalue weighted by atomic mass is 9.97. The Morgan fingerprint density at radius 2 is 1.68 bits per heavy atom. The number of carbonyl (C=O) groups excluding carboxylic acids is 2. The standard InChI is InChI=1S/C24H24ClFN2O3/c1-13-5-7-18(14(2)9-13)21-22(27-11-15(3)31-16(4)12-27)24(30)28(23(21)29)17-6-8-20(26)19(25)10-17/h5-10,15-16H,11-12H2,1-4H3. The maximum absolute atomic E-state index is 13.7. The number of anilines is 1. The Hall–Kier alpha value is -2.70. The molecule has 4 rings (SSSR count). The first kappa shape index (κ1) is 21.5. The Morgan fingerprint density at radius 3 is 2.29 bits per heavy atom. The molecule has 0 aliphatic carbocycles. The van der Waals surface area contributed by atoms with Crippen LogP contribution in [0.2, 0.25) is 5.02 Å². The second-order valence-corrected chi connectivity index (χ2v) is 8.66. The molecule has 2 aliphatic rings. The van der Waals surface area contributed by atoms with Gasteiger partial charge in [0.05, 0.1) is 28.5 Å². The van der Waals surface area contributed by atoms with Gasteiger partial charge in [0.15, 0.2) is 0 Å². The van der Waals surface area contributed by atoms with Crippen molar-refractivity contribution in [3.8, 4) is 0 Å². The van der Waals surface area contributed by atoms with Crippen LogP contribution in [0, 0.1) is 19.7 Å². The average Bonchev–Trinajstić information content (AvgIpc) is 2.94. The molecule has 5 nitrogen and oxygen atoms in total. The molecule has 2 aliphatic heterocycles. The lowest BCUT2D eigenvalue weighted by molar-refractivity contribution is -0.121. The van der Waals surface area contributed by atoms with Gasteiger partial charge in [-0.25, -0.2) is 9.29 Å². The SMILES string of the molecule is Cc1ccc(C2=C(N3CC(C)OC(C)C3)C(=O)N(c3ccc(F)c(Cl)c3)C2=O)c(C)c1. The van der Waals surface area contributed by atoms with Crippen molar-refractivity contribution < 1.29 is 18.7 Å². The van der Waals surface area contributed by atoms with Crippen LogP contribution in [0.25, 0.3) is 5.57 Å².